The second-order valence-corrected chi connectivity index (χ2v) is 13.1. The Labute approximate surface area is 293 Å². The molecule has 0 radical (unpaired) electrons. The molecule has 2 aromatic heterocycles. The zero-order chi connectivity index (χ0) is 34.0. The Bertz CT molecular complexity index is 2440. The van der Waals surface area contributed by atoms with Crippen molar-refractivity contribution in [1.82, 2.24) is 14.5 Å². The number of phenols is 1. The van der Waals surface area contributed by atoms with Crippen LogP contribution in [0.4, 0.5) is 0 Å². The molecule has 0 saturated heterocycles. The summed E-state index contributed by atoms with van der Waals surface area (Å²) in [5.74, 6) is 1.07. The first kappa shape index (κ1) is 31.0. The van der Waals surface area contributed by atoms with E-state index >= 15 is 0 Å². The molecular formula is C46H37N3O. The summed E-state index contributed by atoms with van der Waals surface area (Å²) in [6.45, 7) is 4.24. The predicted molar refractivity (Wildman–Crippen MR) is 205 cm³/mol. The Morgan fingerprint density at radius 3 is 1.90 bits per heavy atom. The Balaban J connectivity index is 1.27. The van der Waals surface area contributed by atoms with Crippen LogP contribution in [0.5, 0.6) is 5.75 Å². The van der Waals surface area contributed by atoms with Crippen LogP contribution in [-0.2, 0) is 12.8 Å². The van der Waals surface area contributed by atoms with Gasteiger partial charge in [-0.1, -0.05) is 115 Å². The normalized spacial score (nSPS) is 11.2. The van der Waals surface area contributed by atoms with E-state index in [-0.39, 0.29) is 5.75 Å². The number of aromatic hydroxyl groups is 1. The maximum atomic E-state index is 12.2. The second-order valence-electron chi connectivity index (χ2n) is 13.1. The van der Waals surface area contributed by atoms with Crippen molar-refractivity contribution in [2.24, 2.45) is 0 Å². The van der Waals surface area contributed by atoms with E-state index in [4.69, 9.17) is 4.98 Å². The number of nitrogens with zero attached hydrogens (tertiary/aromatic N) is 3. The van der Waals surface area contributed by atoms with Gasteiger partial charge in [0.15, 0.2) is 0 Å². The molecule has 0 fully saturated rings. The smallest absolute Gasteiger partial charge is 0.145 e. The van der Waals surface area contributed by atoms with Gasteiger partial charge in [-0.25, -0.2) is 4.98 Å². The van der Waals surface area contributed by atoms with Crippen LogP contribution in [0.1, 0.15) is 33.4 Å². The number of rotatable bonds is 8. The lowest BCUT2D eigenvalue weighted by molar-refractivity contribution is 0.471. The number of phenolic OH excluding ortho intramolecular Hbond substituents is 1. The quantitative estimate of drug-likeness (QED) is 0.179. The van der Waals surface area contributed by atoms with Crippen LogP contribution in [0.3, 0.4) is 0 Å². The van der Waals surface area contributed by atoms with Crippen molar-refractivity contribution in [2.75, 3.05) is 0 Å². The molecule has 0 aliphatic heterocycles. The largest absolute Gasteiger partial charge is 0.507 e. The van der Waals surface area contributed by atoms with Crippen molar-refractivity contribution in [3.05, 3.63) is 191 Å². The molecule has 0 amide bonds. The Hall–Kier alpha value is -6.26. The second kappa shape index (κ2) is 13.3. The van der Waals surface area contributed by atoms with E-state index in [9.17, 15) is 5.11 Å². The van der Waals surface area contributed by atoms with E-state index < -0.39 is 0 Å². The summed E-state index contributed by atoms with van der Waals surface area (Å²) < 4.78 is 2.15. The fourth-order valence-corrected chi connectivity index (χ4v) is 7.04. The number of benzene rings is 6. The lowest BCUT2D eigenvalue weighted by Gasteiger charge is -2.15. The number of hydrogen-bond donors (Lipinski definition) is 1. The molecule has 8 rings (SSSR count). The van der Waals surface area contributed by atoms with Crippen molar-refractivity contribution in [3.8, 4) is 45.2 Å². The zero-order valence-electron chi connectivity index (χ0n) is 28.2. The number of imidazole rings is 1. The van der Waals surface area contributed by atoms with E-state index in [2.05, 4.69) is 145 Å². The maximum Gasteiger partial charge on any atom is 0.145 e. The Kier molecular flexibility index (Phi) is 8.27. The topological polar surface area (TPSA) is 50.9 Å². The summed E-state index contributed by atoms with van der Waals surface area (Å²) in [6.07, 6.45) is 7.27. The fraction of sp³-hybridized carbons (Fsp3) is 0.0870. The van der Waals surface area contributed by atoms with Gasteiger partial charge in [-0.05, 0) is 94.4 Å². The first-order valence-electron chi connectivity index (χ1n) is 17.0. The summed E-state index contributed by atoms with van der Waals surface area (Å²) in [5.41, 5.74) is 12.4. The van der Waals surface area contributed by atoms with Crippen molar-refractivity contribution in [2.45, 2.75) is 26.7 Å². The van der Waals surface area contributed by atoms with Gasteiger partial charge >= 0.3 is 0 Å². The summed E-state index contributed by atoms with van der Waals surface area (Å²) in [5, 5.41) is 14.5. The minimum atomic E-state index is 0.246. The van der Waals surface area contributed by atoms with Crippen LogP contribution >= 0.6 is 0 Å². The molecule has 242 valence electrons. The molecule has 0 saturated carbocycles. The maximum absolute atomic E-state index is 12.2. The lowest BCUT2D eigenvalue weighted by Crippen LogP contribution is -2.00. The average molecular weight is 648 g/mol. The third-order valence-electron chi connectivity index (χ3n) is 9.43. The molecule has 0 atom stereocenters. The van der Waals surface area contributed by atoms with Crippen molar-refractivity contribution < 1.29 is 5.11 Å². The van der Waals surface area contributed by atoms with E-state index in [1.165, 1.54) is 27.6 Å². The lowest BCUT2D eigenvalue weighted by atomic mass is 9.91. The molecule has 4 heteroatoms. The van der Waals surface area contributed by atoms with Gasteiger partial charge in [0.1, 0.15) is 11.6 Å². The highest BCUT2D eigenvalue weighted by Crippen LogP contribution is 2.40. The molecular weight excluding hydrogens is 611 g/mol. The van der Waals surface area contributed by atoms with E-state index in [1.807, 2.05) is 36.7 Å². The van der Waals surface area contributed by atoms with Crippen LogP contribution in [0.2, 0.25) is 0 Å². The molecule has 4 nitrogen and oxygen atoms in total. The molecule has 8 aromatic rings. The van der Waals surface area contributed by atoms with Gasteiger partial charge < -0.3 is 5.11 Å². The number of pyridine rings is 1. The van der Waals surface area contributed by atoms with Crippen LogP contribution < -0.4 is 0 Å². The van der Waals surface area contributed by atoms with Crippen molar-refractivity contribution >= 4 is 10.8 Å². The van der Waals surface area contributed by atoms with Gasteiger partial charge in [-0.15, -0.1) is 0 Å². The third-order valence-corrected chi connectivity index (χ3v) is 9.43. The van der Waals surface area contributed by atoms with Gasteiger partial charge in [0.05, 0.1) is 5.69 Å². The van der Waals surface area contributed by atoms with Gasteiger partial charge in [-0.3, -0.25) is 9.55 Å². The number of hydrogen-bond acceptors (Lipinski definition) is 3. The Morgan fingerprint density at radius 1 is 0.560 bits per heavy atom. The van der Waals surface area contributed by atoms with Gasteiger partial charge in [0.25, 0.3) is 0 Å². The summed E-state index contributed by atoms with van der Waals surface area (Å²) in [4.78, 5) is 9.77. The van der Waals surface area contributed by atoms with E-state index in [1.54, 1.807) is 0 Å². The number of aromatic nitrogens is 3. The van der Waals surface area contributed by atoms with Crippen LogP contribution in [-0.4, -0.2) is 19.6 Å². The van der Waals surface area contributed by atoms with Gasteiger partial charge in [-0.2, -0.15) is 0 Å². The van der Waals surface area contributed by atoms with Gasteiger partial charge in [0.2, 0.25) is 0 Å². The summed E-state index contributed by atoms with van der Waals surface area (Å²) >= 11 is 0. The van der Waals surface area contributed by atoms with Crippen LogP contribution in [0, 0.1) is 13.8 Å². The summed E-state index contributed by atoms with van der Waals surface area (Å²) in [6, 6.07) is 48.3. The van der Waals surface area contributed by atoms with Crippen LogP contribution in [0.25, 0.3) is 50.2 Å². The highest BCUT2D eigenvalue weighted by molar-refractivity contribution is 5.85. The zero-order valence-corrected chi connectivity index (χ0v) is 28.2. The average Bonchev–Trinajstić information content (AvgIpc) is 3.59. The number of aryl methyl sites for hydroxylation is 2. The standard InChI is InChI=1S/C46H37N3O/c1-31-21-32(2)23-41(22-31)49-30-44(48-46(49)34-15-7-4-8-16-34)43-27-38(33-13-5-3-6-14-33)26-39(45(43)50)24-35-17-9-10-18-36(35)25-40-29-47-28-37-19-11-12-20-42(37)40/h3-23,26-30,50H,24-25H2,1-2H3. The van der Waals surface area contributed by atoms with Crippen LogP contribution in [0.15, 0.2) is 158 Å². The summed E-state index contributed by atoms with van der Waals surface area (Å²) in [7, 11) is 0. The molecule has 0 spiro atoms. The van der Waals surface area contributed by atoms with E-state index in [0.29, 0.717) is 12.0 Å². The number of fused-ring (bicyclic) bond motifs is 1. The molecule has 6 aromatic carbocycles. The van der Waals surface area contributed by atoms with Gasteiger partial charge in [0, 0.05) is 47.2 Å². The molecule has 0 aliphatic carbocycles. The highest BCUT2D eigenvalue weighted by atomic mass is 16.3. The minimum absolute atomic E-state index is 0.246. The third kappa shape index (κ3) is 6.20. The fourth-order valence-electron chi connectivity index (χ4n) is 7.04. The SMILES string of the molecule is Cc1cc(C)cc(-n2cc(-c3cc(-c4ccccc4)cc(Cc4ccccc4Cc4cncc5ccccc45)c3O)nc2-c2ccccc2)c1. The first-order chi connectivity index (χ1) is 24.5. The van der Waals surface area contributed by atoms with E-state index in [0.717, 1.165) is 56.8 Å². The highest BCUT2D eigenvalue weighted by Gasteiger charge is 2.20. The molecule has 0 bridgehead atoms. The first-order valence-corrected chi connectivity index (χ1v) is 17.0. The van der Waals surface area contributed by atoms with Crippen molar-refractivity contribution in [1.29, 1.82) is 0 Å². The monoisotopic (exact) mass is 647 g/mol. The molecule has 0 unspecified atom stereocenters. The molecule has 2 heterocycles. The minimum Gasteiger partial charge on any atom is -0.507 e. The molecule has 0 aliphatic rings. The molecule has 50 heavy (non-hydrogen) atoms. The molecule has 1 N–H and O–H groups in total. The van der Waals surface area contributed by atoms with Crippen molar-refractivity contribution in [3.63, 3.8) is 0 Å². The Morgan fingerprint density at radius 2 is 1.18 bits per heavy atom. The predicted octanol–water partition coefficient (Wildman–Crippen LogP) is 10.9.